The predicted molar refractivity (Wildman–Crippen MR) is 129 cm³/mol. The molecule has 3 aromatic rings. The molecular formula is C24H25FN2O7S2. The fraction of sp³-hybridized carbons (Fsp3) is 0.292. The summed E-state index contributed by atoms with van der Waals surface area (Å²) in [5, 5.41) is 0. The maximum atomic E-state index is 13.3. The molecule has 0 atom stereocenters. The van der Waals surface area contributed by atoms with Crippen LogP contribution in [0.15, 0.2) is 79.9 Å². The normalized spacial score (nSPS) is 15.6. The van der Waals surface area contributed by atoms with Gasteiger partial charge in [0.15, 0.2) is 9.84 Å². The number of benzene rings is 2. The quantitative estimate of drug-likeness (QED) is 0.431. The lowest BCUT2D eigenvalue weighted by atomic mass is 10.2. The van der Waals surface area contributed by atoms with Gasteiger partial charge in [0.2, 0.25) is 21.2 Å². The Hall–Kier alpha value is -3.06. The smallest absolute Gasteiger partial charge is 0.244 e. The molecule has 192 valence electrons. The number of piperazine rings is 1. The molecule has 1 fully saturated rings. The van der Waals surface area contributed by atoms with Crippen LogP contribution < -0.4 is 10.2 Å². The number of rotatable bonds is 8. The highest BCUT2D eigenvalue weighted by atomic mass is 32.2. The van der Waals surface area contributed by atoms with Crippen molar-refractivity contribution in [2.75, 3.05) is 32.4 Å². The van der Waals surface area contributed by atoms with Crippen LogP contribution in [-0.4, -0.2) is 58.5 Å². The first-order valence-electron chi connectivity index (χ1n) is 11.0. The fourth-order valence-corrected chi connectivity index (χ4v) is 6.90. The summed E-state index contributed by atoms with van der Waals surface area (Å²) in [6, 6.07) is 12.7. The van der Waals surface area contributed by atoms with Crippen molar-refractivity contribution in [1.82, 2.24) is 9.21 Å². The van der Waals surface area contributed by atoms with E-state index in [1.54, 1.807) is 12.1 Å². The van der Waals surface area contributed by atoms with Gasteiger partial charge in [-0.05, 0) is 29.8 Å². The zero-order valence-corrected chi connectivity index (χ0v) is 21.1. The van der Waals surface area contributed by atoms with Crippen LogP contribution in [0.2, 0.25) is 0 Å². The van der Waals surface area contributed by atoms with Crippen molar-refractivity contribution in [3.05, 3.63) is 88.2 Å². The third-order valence-corrected chi connectivity index (χ3v) is 8.95. The van der Waals surface area contributed by atoms with Gasteiger partial charge in [-0.3, -0.25) is 9.69 Å². The number of sulfone groups is 1. The number of ether oxygens (including phenoxy) is 1. The summed E-state index contributed by atoms with van der Waals surface area (Å²) in [6.07, 6.45) is 2.19. The Kier molecular flexibility index (Phi) is 7.59. The molecule has 1 aromatic heterocycles. The minimum Gasteiger partial charge on any atom is -0.482 e. The Morgan fingerprint density at radius 1 is 0.944 bits per heavy atom. The minimum atomic E-state index is -4.00. The van der Waals surface area contributed by atoms with E-state index in [2.05, 4.69) is 0 Å². The maximum Gasteiger partial charge on any atom is 0.244 e. The van der Waals surface area contributed by atoms with Gasteiger partial charge in [-0.25, -0.2) is 21.2 Å². The van der Waals surface area contributed by atoms with Crippen LogP contribution in [0, 0.1) is 5.82 Å². The van der Waals surface area contributed by atoms with Crippen LogP contribution in [0.5, 0.6) is 5.75 Å². The molecule has 1 aliphatic heterocycles. The van der Waals surface area contributed by atoms with Crippen molar-refractivity contribution >= 4 is 19.9 Å². The molecule has 0 aliphatic carbocycles. The van der Waals surface area contributed by atoms with Gasteiger partial charge in [0, 0.05) is 38.5 Å². The summed E-state index contributed by atoms with van der Waals surface area (Å²) < 4.78 is 75.9. The van der Waals surface area contributed by atoms with Crippen molar-refractivity contribution in [3.63, 3.8) is 0 Å². The highest BCUT2D eigenvalue weighted by Gasteiger charge is 2.32. The number of hydrogen-bond donors (Lipinski definition) is 0. The Bertz CT molecular complexity index is 1510. The van der Waals surface area contributed by atoms with E-state index >= 15 is 0 Å². The summed E-state index contributed by atoms with van der Waals surface area (Å²) >= 11 is 0. The van der Waals surface area contributed by atoms with Gasteiger partial charge in [-0.1, -0.05) is 24.3 Å². The van der Waals surface area contributed by atoms with Gasteiger partial charge in [0.05, 0.1) is 11.4 Å². The molecule has 1 saturated heterocycles. The minimum absolute atomic E-state index is 0.00321. The summed E-state index contributed by atoms with van der Waals surface area (Å²) in [5.41, 5.74) is 0.191. The molecule has 9 nitrogen and oxygen atoms in total. The van der Waals surface area contributed by atoms with E-state index in [0.717, 1.165) is 6.26 Å². The van der Waals surface area contributed by atoms with Crippen molar-refractivity contribution in [2.24, 2.45) is 0 Å². The molecule has 36 heavy (non-hydrogen) atoms. The average molecular weight is 537 g/mol. The van der Waals surface area contributed by atoms with Crippen LogP contribution >= 0.6 is 0 Å². The molecule has 4 rings (SSSR count). The average Bonchev–Trinajstić information content (AvgIpc) is 2.83. The third-order valence-electron chi connectivity index (χ3n) is 5.71. The monoisotopic (exact) mass is 536 g/mol. The largest absolute Gasteiger partial charge is 0.482 e. The molecule has 0 N–H and O–H groups in total. The predicted octanol–water partition coefficient (Wildman–Crippen LogP) is 2.27. The molecule has 0 saturated carbocycles. The summed E-state index contributed by atoms with van der Waals surface area (Å²) in [6.45, 7) is 1.33. The van der Waals surface area contributed by atoms with E-state index in [0.29, 0.717) is 24.4 Å². The zero-order valence-electron chi connectivity index (χ0n) is 19.5. The maximum absolute atomic E-state index is 13.3. The highest BCUT2D eigenvalue weighted by Crippen LogP contribution is 2.25. The van der Waals surface area contributed by atoms with Crippen molar-refractivity contribution in [1.29, 1.82) is 0 Å². The van der Waals surface area contributed by atoms with Crippen LogP contribution in [-0.2, 0) is 33.0 Å². The fourth-order valence-electron chi connectivity index (χ4n) is 3.87. The molecule has 0 unspecified atom stereocenters. The standard InChI is InChI=1S/C24H25FN2O7S2/c1-35(29,30)23-7-2-3-8-24(23)36(31,32)27-11-9-26(10-12-27)15-20-14-21(28)22(17-33-20)34-16-18-5-4-6-19(25)13-18/h2-8,13-14,17H,9-12,15-16H2,1H3. The van der Waals surface area contributed by atoms with E-state index < -0.39 is 25.7 Å². The SMILES string of the molecule is CS(=O)(=O)c1ccccc1S(=O)(=O)N1CCN(Cc2cc(=O)c(OCc3cccc(F)c3)co2)CC1. The second-order valence-electron chi connectivity index (χ2n) is 8.39. The lowest BCUT2D eigenvalue weighted by molar-refractivity contribution is 0.168. The Labute approximate surface area is 208 Å². The van der Waals surface area contributed by atoms with Crippen molar-refractivity contribution in [2.45, 2.75) is 22.9 Å². The first-order chi connectivity index (χ1) is 17.0. The first kappa shape index (κ1) is 26.0. The van der Waals surface area contributed by atoms with E-state index in [1.807, 2.05) is 4.90 Å². The van der Waals surface area contributed by atoms with E-state index in [1.165, 1.54) is 53.0 Å². The summed E-state index contributed by atoms with van der Waals surface area (Å²) in [7, 11) is -7.72. The van der Waals surface area contributed by atoms with Gasteiger partial charge < -0.3 is 9.15 Å². The molecular weight excluding hydrogens is 511 g/mol. The number of halogens is 1. The second-order valence-corrected chi connectivity index (χ2v) is 12.3. The molecule has 12 heteroatoms. The Balaban J connectivity index is 1.37. The molecule has 0 spiro atoms. The van der Waals surface area contributed by atoms with Crippen LogP contribution in [0.4, 0.5) is 4.39 Å². The molecule has 0 bridgehead atoms. The van der Waals surface area contributed by atoms with Crippen LogP contribution in [0.1, 0.15) is 11.3 Å². The summed E-state index contributed by atoms with van der Waals surface area (Å²) in [5.74, 6) is -0.00807. The van der Waals surface area contributed by atoms with Crippen LogP contribution in [0.3, 0.4) is 0 Å². The highest BCUT2D eigenvalue weighted by molar-refractivity contribution is 7.93. The Morgan fingerprint density at radius 3 is 2.28 bits per heavy atom. The third kappa shape index (κ3) is 6.01. The topological polar surface area (TPSA) is 114 Å². The van der Waals surface area contributed by atoms with Gasteiger partial charge >= 0.3 is 0 Å². The van der Waals surface area contributed by atoms with Gasteiger partial charge in [0.1, 0.15) is 29.3 Å². The van der Waals surface area contributed by atoms with Gasteiger partial charge in [-0.2, -0.15) is 4.31 Å². The number of nitrogens with zero attached hydrogens (tertiary/aromatic N) is 2. The second kappa shape index (κ2) is 10.5. The number of hydrogen-bond acceptors (Lipinski definition) is 8. The van der Waals surface area contributed by atoms with E-state index in [9.17, 15) is 26.0 Å². The molecule has 0 amide bonds. The van der Waals surface area contributed by atoms with Crippen molar-refractivity contribution < 1.29 is 30.4 Å². The van der Waals surface area contributed by atoms with E-state index in [4.69, 9.17) is 9.15 Å². The first-order valence-corrected chi connectivity index (χ1v) is 14.4. The lowest BCUT2D eigenvalue weighted by Gasteiger charge is -2.33. The van der Waals surface area contributed by atoms with Crippen LogP contribution in [0.25, 0.3) is 0 Å². The lowest BCUT2D eigenvalue weighted by Crippen LogP contribution is -2.48. The molecule has 2 heterocycles. The molecule has 2 aromatic carbocycles. The molecule has 0 radical (unpaired) electrons. The van der Waals surface area contributed by atoms with Gasteiger partial charge in [-0.15, -0.1) is 0 Å². The Morgan fingerprint density at radius 2 is 1.64 bits per heavy atom. The zero-order chi connectivity index (χ0) is 25.9. The van der Waals surface area contributed by atoms with E-state index in [-0.39, 0.29) is 47.2 Å². The van der Waals surface area contributed by atoms with Crippen molar-refractivity contribution in [3.8, 4) is 5.75 Å². The number of sulfonamides is 1. The molecule has 1 aliphatic rings. The van der Waals surface area contributed by atoms with Gasteiger partial charge in [0.25, 0.3) is 0 Å². The summed E-state index contributed by atoms with van der Waals surface area (Å²) in [4.78, 5) is 13.9.